The van der Waals surface area contributed by atoms with Crippen molar-refractivity contribution in [2.45, 2.75) is 13.8 Å². The van der Waals surface area contributed by atoms with Gasteiger partial charge in [0.05, 0.1) is 4.88 Å². The third-order valence-corrected chi connectivity index (χ3v) is 4.68. The number of benzene rings is 1. The van der Waals surface area contributed by atoms with Crippen LogP contribution < -0.4 is 0 Å². The Bertz CT molecular complexity index is 783. The third-order valence-electron chi connectivity index (χ3n) is 3.17. The summed E-state index contributed by atoms with van der Waals surface area (Å²) in [4.78, 5) is 13.3. The number of furan rings is 1. The molecule has 0 saturated heterocycles. The zero-order valence-corrected chi connectivity index (χ0v) is 12.9. The highest BCUT2D eigenvalue weighted by atomic mass is 79.9. The van der Waals surface area contributed by atoms with Crippen LogP contribution in [0, 0.1) is 13.8 Å². The van der Waals surface area contributed by atoms with Gasteiger partial charge < -0.3 is 4.42 Å². The van der Waals surface area contributed by atoms with E-state index in [-0.39, 0.29) is 5.78 Å². The molecule has 0 amide bonds. The molecule has 0 aliphatic rings. The molecule has 96 valence electrons. The van der Waals surface area contributed by atoms with Crippen molar-refractivity contribution in [3.8, 4) is 0 Å². The molecule has 0 unspecified atom stereocenters. The molecular weight excluding hydrogens is 324 g/mol. The molecule has 2 nitrogen and oxygen atoms in total. The van der Waals surface area contributed by atoms with Crippen molar-refractivity contribution in [2.24, 2.45) is 0 Å². The predicted molar refractivity (Wildman–Crippen MR) is 81.1 cm³/mol. The summed E-state index contributed by atoms with van der Waals surface area (Å²) in [6.07, 6.45) is 0. The number of carbonyl (C=O) groups is 1. The summed E-state index contributed by atoms with van der Waals surface area (Å²) in [7, 11) is 0. The molecule has 0 saturated carbocycles. The maximum atomic E-state index is 12.5. The van der Waals surface area contributed by atoms with E-state index in [4.69, 9.17) is 4.42 Å². The summed E-state index contributed by atoms with van der Waals surface area (Å²) < 4.78 is 6.71. The zero-order valence-electron chi connectivity index (χ0n) is 10.5. The molecule has 4 heteroatoms. The molecule has 0 N–H and O–H groups in total. The molecule has 0 fully saturated rings. The van der Waals surface area contributed by atoms with Crippen LogP contribution in [-0.2, 0) is 0 Å². The normalized spacial score (nSPS) is 11.1. The fraction of sp³-hybridized carbons (Fsp3) is 0.133. The van der Waals surface area contributed by atoms with Gasteiger partial charge in [0, 0.05) is 15.4 Å². The van der Waals surface area contributed by atoms with E-state index in [1.807, 2.05) is 43.5 Å². The standard InChI is InChI=1S/C15H11BrO2S/c1-8-5-6-19-15(8)13(17)14-9(2)11-7-10(16)3-4-12(11)18-14/h3-7H,1-2H3. The van der Waals surface area contributed by atoms with Gasteiger partial charge in [0.2, 0.25) is 5.78 Å². The monoisotopic (exact) mass is 334 g/mol. The van der Waals surface area contributed by atoms with Crippen LogP contribution in [0.4, 0.5) is 0 Å². The first-order valence-corrected chi connectivity index (χ1v) is 7.52. The molecule has 0 spiro atoms. The molecule has 3 aromatic rings. The number of rotatable bonds is 2. The first-order chi connectivity index (χ1) is 9.08. The molecule has 3 rings (SSSR count). The summed E-state index contributed by atoms with van der Waals surface area (Å²) in [6, 6.07) is 7.72. The third kappa shape index (κ3) is 2.05. The van der Waals surface area contributed by atoms with Gasteiger partial charge in [0.25, 0.3) is 0 Å². The number of thiophene rings is 1. The topological polar surface area (TPSA) is 30.2 Å². The lowest BCUT2D eigenvalue weighted by Crippen LogP contribution is -2.00. The number of carbonyl (C=O) groups excluding carboxylic acids is 1. The Hall–Kier alpha value is -1.39. The second-order valence-corrected chi connectivity index (χ2v) is 6.29. The summed E-state index contributed by atoms with van der Waals surface area (Å²) in [6.45, 7) is 3.87. The Labute approximate surface area is 123 Å². The molecule has 0 bridgehead atoms. The first kappa shape index (κ1) is 12.6. The minimum absolute atomic E-state index is 0.0303. The molecule has 0 atom stereocenters. The van der Waals surface area contributed by atoms with Crippen molar-refractivity contribution in [1.29, 1.82) is 0 Å². The van der Waals surface area contributed by atoms with Crippen LogP contribution in [0.25, 0.3) is 11.0 Å². The van der Waals surface area contributed by atoms with E-state index in [9.17, 15) is 4.79 Å². The van der Waals surface area contributed by atoms with Gasteiger partial charge in [-0.2, -0.15) is 0 Å². The van der Waals surface area contributed by atoms with E-state index in [0.717, 1.165) is 31.4 Å². The Kier molecular flexibility index (Phi) is 3.07. The highest BCUT2D eigenvalue weighted by molar-refractivity contribution is 9.10. The number of ketones is 1. The van der Waals surface area contributed by atoms with Gasteiger partial charge in [0.1, 0.15) is 5.58 Å². The van der Waals surface area contributed by atoms with Gasteiger partial charge in [-0.05, 0) is 49.1 Å². The van der Waals surface area contributed by atoms with Crippen molar-refractivity contribution < 1.29 is 9.21 Å². The van der Waals surface area contributed by atoms with Crippen molar-refractivity contribution in [1.82, 2.24) is 0 Å². The predicted octanol–water partition coefficient (Wildman–Crippen LogP) is 5.10. The number of aryl methyl sites for hydroxylation is 2. The lowest BCUT2D eigenvalue weighted by atomic mass is 10.1. The van der Waals surface area contributed by atoms with Crippen LogP contribution in [0.3, 0.4) is 0 Å². The van der Waals surface area contributed by atoms with Gasteiger partial charge >= 0.3 is 0 Å². The maximum Gasteiger partial charge on any atom is 0.238 e. The van der Waals surface area contributed by atoms with Crippen LogP contribution in [0.1, 0.15) is 26.6 Å². The minimum atomic E-state index is -0.0303. The smallest absolute Gasteiger partial charge is 0.238 e. The van der Waals surface area contributed by atoms with Crippen molar-refractivity contribution in [3.63, 3.8) is 0 Å². The van der Waals surface area contributed by atoms with Crippen molar-refractivity contribution in [2.75, 3.05) is 0 Å². The highest BCUT2D eigenvalue weighted by Gasteiger charge is 2.21. The zero-order chi connectivity index (χ0) is 13.6. The largest absolute Gasteiger partial charge is 0.452 e. The van der Waals surface area contributed by atoms with Crippen LogP contribution in [0.15, 0.2) is 38.5 Å². The Balaban J connectivity index is 2.18. The SMILES string of the molecule is Cc1ccsc1C(=O)c1oc2ccc(Br)cc2c1C. The lowest BCUT2D eigenvalue weighted by Gasteiger charge is -1.97. The van der Waals surface area contributed by atoms with E-state index >= 15 is 0 Å². The first-order valence-electron chi connectivity index (χ1n) is 5.85. The van der Waals surface area contributed by atoms with Crippen molar-refractivity contribution >= 4 is 44.0 Å². The second-order valence-electron chi connectivity index (χ2n) is 4.46. The minimum Gasteiger partial charge on any atom is -0.452 e. The molecule has 2 heterocycles. The summed E-state index contributed by atoms with van der Waals surface area (Å²) in [5.41, 5.74) is 2.64. The fourth-order valence-corrected chi connectivity index (χ4v) is 3.34. The lowest BCUT2D eigenvalue weighted by molar-refractivity contribution is 0.101. The van der Waals surface area contributed by atoms with Gasteiger partial charge in [-0.25, -0.2) is 0 Å². The maximum absolute atomic E-state index is 12.5. The molecule has 1 aromatic carbocycles. The summed E-state index contributed by atoms with van der Waals surface area (Å²) in [5.74, 6) is 0.413. The second kappa shape index (κ2) is 4.62. The van der Waals surface area contributed by atoms with E-state index < -0.39 is 0 Å². The van der Waals surface area contributed by atoms with Crippen LogP contribution in [-0.4, -0.2) is 5.78 Å². The number of hydrogen-bond acceptors (Lipinski definition) is 3. The quantitative estimate of drug-likeness (QED) is 0.610. The van der Waals surface area contributed by atoms with E-state index in [0.29, 0.717) is 5.76 Å². The molecule has 19 heavy (non-hydrogen) atoms. The number of halogens is 1. The van der Waals surface area contributed by atoms with E-state index in [1.54, 1.807) is 0 Å². The van der Waals surface area contributed by atoms with Crippen molar-refractivity contribution in [3.05, 3.63) is 55.9 Å². The van der Waals surface area contributed by atoms with Gasteiger partial charge in [-0.1, -0.05) is 15.9 Å². The summed E-state index contributed by atoms with van der Waals surface area (Å²) in [5, 5.41) is 2.91. The van der Waals surface area contributed by atoms with Gasteiger partial charge in [-0.15, -0.1) is 11.3 Å². The Morgan fingerprint density at radius 3 is 2.74 bits per heavy atom. The highest BCUT2D eigenvalue weighted by Crippen LogP contribution is 2.30. The number of hydrogen-bond donors (Lipinski definition) is 0. The van der Waals surface area contributed by atoms with Gasteiger partial charge in [-0.3, -0.25) is 4.79 Å². The van der Waals surface area contributed by atoms with Crippen LogP contribution in [0.2, 0.25) is 0 Å². The van der Waals surface area contributed by atoms with Crippen LogP contribution >= 0.6 is 27.3 Å². The molecular formula is C15H11BrO2S. The van der Waals surface area contributed by atoms with Crippen LogP contribution in [0.5, 0.6) is 0 Å². The van der Waals surface area contributed by atoms with E-state index in [2.05, 4.69) is 15.9 Å². The Morgan fingerprint density at radius 2 is 2.05 bits per heavy atom. The molecule has 0 aliphatic carbocycles. The van der Waals surface area contributed by atoms with Gasteiger partial charge in [0.15, 0.2) is 5.76 Å². The van der Waals surface area contributed by atoms with E-state index in [1.165, 1.54) is 11.3 Å². The average Bonchev–Trinajstić information content (AvgIpc) is 2.94. The molecule has 2 aromatic heterocycles. The summed E-state index contributed by atoms with van der Waals surface area (Å²) >= 11 is 4.89. The number of fused-ring (bicyclic) bond motifs is 1. The fourth-order valence-electron chi connectivity index (χ4n) is 2.12. The average molecular weight is 335 g/mol. The molecule has 0 radical (unpaired) electrons. The molecule has 0 aliphatic heterocycles. The Morgan fingerprint density at radius 1 is 1.26 bits per heavy atom.